The van der Waals surface area contributed by atoms with Crippen LogP contribution in [0.3, 0.4) is 0 Å². The van der Waals surface area contributed by atoms with Crippen LogP contribution in [0.15, 0.2) is 58.2 Å². The predicted molar refractivity (Wildman–Crippen MR) is 101 cm³/mol. The first-order valence-corrected chi connectivity index (χ1v) is 9.42. The lowest BCUT2D eigenvalue weighted by Gasteiger charge is -2.05. The highest BCUT2D eigenvalue weighted by Crippen LogP contribution is 2.21. The van der Waals surface area contributed by atoms with Crippen molar-refractivity contribution in [2.45, 2.75) is 18.2 Å². The number of aryl methyl sites for hydroxylation is 1. The molecule has 0 saturated carbocycles. The van der Waals surface area contributed by atoms with Gasteiger partial charge >= 0.3 is 0 Å². The Morgan fingerprint density at radius 2 is 1.96 bits per heavy atom. The van der Waals surface area contributed by atoms with E-state index >= 15 is 0 Å². The van der Waals surface area contributed by atoms with E-state index in [9.17, 15) is 4.79 Å². The molecule has 1 N–H and O–H groups in total. The summed E-state index contributed by atoms with van der Waals surface area (Å²) in [6.45, 7) is 3.75. The first-order chi connectivity index (χ1) is 12.1. The highest BCUT2D eigenvalue weighted by molar-refractivity contribution is 8.01. The number of hydrogen-bond acceptors (Lipinski definition) is 6. The van der Waals surface area contributed by atoms with Crippen molar-refractivity contribution in [3.63, 3.8) is 0 Å². The number of aromatic nitrogens is 3. The van der Waals surface area contributed by atoms with Crippen LogP contribution in [0.25, 0.3) is 5.69 Å². The van der Waals surface area contributed by atoms with Crippen molar-refractivity contribution in [2.75, 3.05) is 5.75 Å². The molecule has 0 fully saturated rings. The molecule has 25 heavy (non-hydrogen) atoms. The molecule has 0 aliphatic carbocycles. The maximum absolute atomic E-state index is 11.9. The van der Waals surface area contributed by atoms with E-state index in [2.05, 4.69) is 20.7 Å². The molecule has 0 spiro atoms. The van der Waals surface area contributed by atoms with E-state index in [1.165, 1.54) is 23.1 Å². The van der Waals surface area contributed by atoms with Crippen LogP contribution in [0.5, 0.6) is 0 Å². The van der Waals surface area contributed by atoms with Gasteiger partial charge in [0.05, 0.1) is 11.5 Å². The van der Waals surface area contributed by atoms with Crippen molar-refractivity contribution in [3.8, 4) is 5.69 Å². The molecular formula is C17H17N5OS2. The average Bonchev–Trinajstić information content (AvgIpc) is 3.30. The fraction of sp³-hybridized carbons (Fsp3) is 0.176. The molecular weight excluding hydrogens is 354 g/mol. The molecule has 0 radical (unpaired) electrons. The number of hydrogen-bond donors (Lipinski definition) is 1. The van der Waals surface area contributed by atoms with Crippen LogP contribution in [0.2, 0.25) is 0 Å². The van der Waals surface area contributed by atoms with Gasteiger partial charge in [0, 0.05) is 18.1 Å². The number of nitrogens with one attached hydrogen (secondary N) is 1. The third kappa shape index (κ3) is 4.77. The Hall–Kier alpha value is -2.45. The van der Waals surface area contributed by atoms with Gasteiger partial charge in [0.1, 0.15) is 5.01 Å². The molecule has 2 heterocycles. The summed E-state index contributed by atoms with van der Waals surface area (Å²) >= 11 is 2.83. The van der Waals surface area contributed by atoms with Crippen LogP contribution >= 0.6 is 23.1 Å². The third-order valence-corrected chi connectivity index (χ3v) is 5.34. The SMILES string of the molecule is C/C(=N/NC(=O)CSc1nnc(C)s1)c1ccc(-n2cccc2)cc1. The summed E-state index contributed by atoms with van der Waals surface area (Å²) in [5, 5.41) is 13.0. The molecule has 3 rings (SSSR count). The molecule has 0 aliphatic rings. The Kier molecular flexibility index (Phi) is 5.62. The summed E-state index contributed by atoms with van der Waals surface area (Å²) in [6, 6.07) is 12.0. The van der Waals surface area contributed by atoms with Gasteiger partial charge in [-0.15, -0.1) is 10.2 Å². The van der Waals surface area contributed by atoms with Gasteiger partial charge in [-0.05, 0) is 43.7 Å². The Bertz CT molecular complexity index is 869. The second-order valence-corrected chi connectivity index (χ2v) is 7.65. The number of hydrazone groups is 1. The molecule has 0 aliphatic heterocycles. The van der Waals surface area contributed by atoms with Gasteiger partial charge in [-0.2, -0.15) is 5.10 Å². The van der Waals surface area contributed by atoms with Crippen molar-refractivity contribution < 1.29 is 4.79 Å². The molecule has 1 aromatic carbocycles. The second kappa shape index (κ2) is 8.09. The highest BCUT2D eigenvalue weighted by Gasteiger charge is 2.06. The van der Waals surface area contributed by atoms with Crippen molar-refractivity contribution in [1.29, 1.82) is 0 Å². The summed E-state index contributed by atoms with van der Waals surface area (Å²) in [5.74, 6) is 0.0963. The summed E-state index contributed by atoms with van der Waals surface area (Å²) in [4.78, 5) is 11.9. The fourth-order valence-corrected chi connectivity index (χ4v) is 3.70. The number of benzene rings is 1. The molecule has 1 amide bonds. The minimum Gasteiger partial charge on any atom is -0.324 e. The van der Waals surface area contributed by atoms with Gasteiger partial charge in [-0.25, -0.2) is 5.43 Å². The lowest BCUT2D eigenvalue weighted by molar-refractivity contribution is -0.118. The zero-order valence-electron chi connectivity index (χ0n) is 13.8. The smallest absolute Gasteiger partial charge is 0.250 e. The van der Waals surface area contributed by atoms with Gasteiger partial charge in [0.25, 0.3) is 5.91 Å². The van der Waals surface area contributed by atoms with E-state index in [0.717, 1.165) is 26.3 Å². The minimum absolute atomic E-state index is 0.166. The normalized spacial score (nSPS) is 11.5. The van der Waals surface area contributed by atoms with Crippen LogP contribution in [-0.4, -0.2) is 32.1 Å². The third-order valence-electron chi connectivity index (χ3n) is 3.37. The zero-order chi connectivity index (χ0) is 17.6. The van der Waals surface area contributed by atoms with Crippen LogP contribution in [0.4, 0.5) is 0 Å². The van der Waals surface area contributed by atoms with E-state index in [1.54, 1.807) is 0 Å². The molecule has 0 bridgehead atoms. The van der Waals surface area contributed by atoms with E-state index in [4.69, 9.17) is 0 Å². The largest absolute Gasteiger partial charge is 0.324 e. The van der Waals surface area contributed by atoms with E-state index in [1.807, 2.05) is 67.2 Å². The van der Waals surface area contributed by atoms with Crippen molar-refractivity contribution in [2.24, 2.45) is 5.10 Å². The molecule has 6 nitrogen and oxygen atoms in total. The first-order valence-electron chi connectivity index (χ1n) is 7.61. The number of amides is 1. The van der Waals surface area contributed by atoms with Crippen LogP contribution in [-0.2, 0) is 4.79 Å². The van der Waals surface area contributed by atoms with Crippen LogP contribution in [0.1, 0.15) is 17.5 Å². The predicted octanol–water partition coefficient (Wildman–Crippen LogP) is 3.27. The van der Waals surface area contributed by atoms with Crippen molar-refractivity contribution in [1.82, 2.24) is 20.2 Å². The number of thioether (sulfide) groups is 1. The topological polar surface area (TPSA) is 72.2 Å². The van der Waals surface area contributed by atoms with Crippen molar-refractivity contribution >= 4 is 34.7 Å². The van der Waals surface area contributed by atoms with Gasteiger partial charge in [-0.3, -0.25) is 4.79 Å². The molecule has 128 valence electrons. The zero-order valence-corrected chi connectivity index (χ0v) is 15.5. The Morgan fingerprint density at radius 1 is 1.24 bits per heavy atom. The lowest BCUT2D eigenvalue weighted by Crippen LogP contribution is -2.21. The number of nitrogens with zero attached hydrogens (tertiary/aromatic N) is 4. The van der Waals surface area contributed by atoms with Gasteiger partial charge in [0.2, 0.25) is 0 Å². The number of rotatable bonds is 6. The molecule has 0 unspecified atom stereocenters. The quantitative estimate of drug-likeness (QED) is 0.410. The average molecular weight is 371 g/mol. The molecule has 2 aromatic heterocycles. The minimum atomic E-state index is -0.166. The Morgan fingerprint density at radius 3 is 2.60 bits per heavy atom. The second-order valence-electron chi connectivity index (χ2n) is 5.25. The summed E-state index contributed by atoms with van der Waals surface area (Å²) in [5.41, 5.74) is 5.37. The molecule has 3 aromatic rings. The molecule has 0 saturated heterocycles. The standard InChI is InChI=1S/C17H17N5OS2/c1-12(14-5-7-15(8-6-14)22-9-3-4-10-22)18-20-16(23)11-24-17-21-19-13(2)25-17/h3-10H,11H2,1-2H3,(H,20,23)/b18-12-. The lowest BCUT2D eigenvalue weighted by atomic mass is 10.1. The van der Waals surface area contributed by atoms with Crippen molar-refractivity contribution in [3.05, 3.63) is 59.4 Å². The summed E-state index contributed by atoms with van der Waals surface area (Å²) < 4.78 is 2.82. The molecule has 8 heteroatoms. The van der Waals surface area contributed by atoms with E-state index < -0.39 is 0 Å². The van der Waals surface area contributed by atoms with E-state index in [0.29, 0.717) is 0 Å². The summed E-state index contributed by atoms with van der Waals surface area (Å²) in [7, 11) is 0. The summed E-state index contributed by atoms with van der Waals surface area (Å²) in [6.07, 6.45) is 3.99. The van der Waals surface area contributed by atoms with Gasteiger partial charge in [0.15, 0.2) is 4.34 Å². The van der Waals surface area contributed by atoms with Crippen LogP contribution in [0, 0.1) is 6.92 Å². The number of carbonyl (C=O) groups excluding carboxylic acids is 1. The van der Waals surface area contributed by atoms with E-state index in [-0.39, 0.29) is 11.7 Å². The van der Waals surface area contributed by atoms with Crippen LogP contribution < -0.4 is 5.43 Å². The van der Waals surface area contributed by atoms with Gasteiger partial charge in [-0.1, -0.05) is 35.2 Å². The number of carbonyl (C=O) groups is 1. The highest BCUT2D eigenvalue weighted by atomic mass is 32.2. The van der Waals surface area contributed by atoms with Gasteiger partial charge < -0.3 is 4.57 Å². The maximum Gasteiger partial charge on any atom is 0.250 e. The molecule has 0 atom stereocenters. The Balaban J connectivity index is 1.54. The first kappa shape index (κ1) is 17.4. The Labute approximate surface area is 154 Å². The monoisotopic (exact) mass is 371 g/mol. The maximum atomic E-state index is 11.9. The fourth-order valence-electron chi connectivity index (χ4n) is 2.09.